The van der Waals surface area contributed by atoms with E-state index in [1.165, 1.54) is 11.6 Å². The number of carbonyl (C=O) groups excluding carboxylic acids is 1. The number of nitrogens with one attached hydrogen (secondary N) is 1. The molecule has 0 aliphatic heterocycles. The van der Waals surface area contributed by atoms with Crippen LogP contribution >= 0.6 is 0 Å². The molecule has 1 amide bonds. The van der Waals surface area contributed by atoms with Crippen LogP contribution in [0.25, 0.3) is 22.0 Å². The molecule has 0 aliphatic rings. The van der Waals surface area contributed by atoms with Crippen LogP contribution in [0.5, 0.6) is 0 Å². The van der Waals surface area contributed by atoms with E-state index in [0.29, 0.717) is 34.2 Å². The van der Waals surface area contributed by atoms with Crippen molar-refractivity contribution in [2.24, 2.45) is 7.05 Å². The van der Waals surface area contributed by atoms with E-state index in [0.717, 1.165) is 0 Å². The number of benzene rings is 3. The maximum Gasteiger partial charge on any atom is 0.416 e. The van der Waals surface area contributed by atoms with Gasteiger partial charge in [-0.25, -0.2) is 0 Å². The second kappa shape index (κ2) is 9.18. The van der Waals surface area contributed by atoms with E-state index in [2.05, 4.69) is 5.32 Å². The number of pyridine rings is 1. The van der Waals surface area contributed by atoms with Crippen molar-refractivity contribution in [1.82, 2.24) is 9.88 Å². The Hall–Kier alpha value is -4.08. The highest BCUT2D eigenvalue weighted by atomic mass is 19.4. The molecule has 0 spiro atoms. The van der Waals surface area contributed by atoms with Crippen LogP contribution < -0.4 is 10.9 Å². The minimum absolute atomic E-state index is 0.0118. The van der Waals surface area contributed by atoms with Gasteiger partial charge in [0.2, 0.25) is 0 Å². The number of para-hydroxylation sites is 1. The number of halogens is 6. The summed E-state index contributed by atoms with van der Waals surface area (Å²) in [6, 6.07) is 16.5. The Morgan fingerprint density at radius 2 is 1.39 bits per heavy atom. The summed E-state index contributed by atoms with van der Waals surface area (Å²) >= 11 is 0. The topological polar surface area (TPSA) is 51.1 Å². The van der Waals surface area contributed by atoms with Gasteiger partial charge in [-0.3, -0.25) is 9.59 Å². The van der Waals surface area contributed by atoms with E-state index in [4.69, 9.17) is 0 Å². The number of nitrogens with zero attached hydrogens (tertiary/aromatic N) is 1. The molecule has 4 aromatic rings. The van der Waals surface area contributed by atoms with Gasteiger partial charge >= 0.3 is 12.4 Å². The first kappa shape index (κ1) is 25.0. The third-order valence-electron chi connectivity index (χ3n) is 5.69. The van der Waals surface area contributed by atoms with E-state index in [1.807, 2.05) is 0 Å². The first-order valence-electron chi connectivity index (χ1n) is 10.6. The van der Waals surface area contributed by atoms with Gasteiger partial charge in [0.25, 0.3) is 11.5 Å². The molecule has 0 saturated heterocycles. The normalized spacial score (nSPS) is 12.1. The summed E-state index contributed by atoms with van der Waals surface area (Å²) in [5.41, 5.74) is -2.92. The Bertz CT molecular complexity index is 1470. The highest BCUT2D eigenvalue weighted by Crippen LogP contribution is 2.36. The molecule has 4 nitrogen and oxygen atoms in total. The molecule has 0 unspecified atom stereocenters. The van der Waals surface area contributed by atoms with Crippen LogP contribution in [0.3, 0.4) is 0 Å². The lowest BCUT2D eigenvalue weighted by Crippen LogP contribution is -2.33. The Balaban J connectivity index is 1.80. The lowest BCUT2D eigenvalue weighted by atomic mass is 9.95. The van der Waals surface area contributed by atoms with E-state index in [9.17, 15) is 35.9 Å². The average molecular weight is 504 g/mol. The number of aromatic nitrogens is 1. The molecule has 186 valence electrons. The molecular formula is C26H18F6N2O2. The van der Waals surface area contributed by atoms with Crippen LogP contribution in [0.15, 0.2) is 77.6 Å². The summed E-state index contributed by atoms with van der Waals surface area (Å²) in [6.07, 6.45) is -10.0. The number of fused-ring (bicyclic) bond motifs is 1. The highest BCUT2D eigenvalue weighted by molar-refractivity contribution is 6.08. The zero-order chi connectivity index (χ0) is 26.3. The number of carbonyl (C=O) groups is 1. The fourth-order valence-electron chi connectivity index (χ4n) is 4.00. The summed E-state index contributed by atoms with van der Waals surface area (Å²) in [6.45, 7) is -0.657. The van der Waals surface area contributed by atoms with Crippen LogP contribution in [0.2, 0.25) is 0 Å². The minimum Gasteiger partial charge on any atom is -0.348 e. The molecule has 0 fully saturated rings. The van der Waals surface area contributed by atoms with E-state index in [-0.39, 0.29) is 11.6 Å². The van der Waals surface area contributed by atoms with Crippen molar-refractivity contribution in [3.63, 3.8) is 0 Å². The lowest BCUT2D eigenvalue weighted by molar-refractivity contribution is -0.143. The van der Waals surface area contributed by atoms with E-state index >= 15 is 0 Å². The molecule has 4 rings (SSSR count). The second-order valence-corrected chi connectivity index (χ2v) is 8.09. The quantitative estimate of drug-likeness (QED) is 0.338. The largest absolute Gasteiger partial charge is 0.416 e. The maximum absolute atomic E-state index is 13.2. The third-order valence-corrected chi connectivity index (χ3v) is 5.69. The number of aryl methyl sites for hydroxylation is 1. The Morgan fingerprint density at radius 3 is 1.97 bits per heavy atom. The Morgan fingerprint density at radius 1 is 0.833 bits per heavy atom. The third kappa shape index (κ3) is 4.84. The zero-order valence-corrected chi connectivity index (χ0v) is 18.7. The highest BCUT2D eigenvalue weighted by Gasteiger charge is 2.37. The van der Waals surface area contributed by atoms with Crippen LogP contribution in [0.4, 0.5) is 26.3 Å². The van der Waals surface area contributed by atoms with Gasteiger partial charge in [0.15, 0.2) is 0 Å². The number of hydrogen-bond donors (Lipinski definition) is 1. The van der Waals surface area contributed by atoms with Crippen molar-refractivity contribution in [3.05, 3.63) is 105 Å². The molecule has 1 N–H and O–H groups in total. The molecule has 0 saturated carbocycles. The summed E-state index contributed by atoms with van der Waals surface area (Å²) in [5, 5.41) is 2.91. The van der Waals surface area contributed by atoms with Gasteiger partial charge < -0.3 is 9.88 Å². The summed E-state index contributed by atoms with van der Waals surface area (Å²) in [7, 11) is 1.47. The number of hydrogen-bond acceptors (Lipinski definition) is 2. The van der Waals surface area contributed by atoms with Gasteiger partial charge in [-0.1, -0.05) is 48.5 Å². The monoisotopic (exact) mass is 504 g/mol. The summed E-state index contributed by atoms with van der Waals surface area (Å²) in [5.74, 6) is -0.925. The lowest BCUT2D eigenvalue weighted by Gasteiger charge is -2.17. The Labute approximate surface area is 200 Å². The molecule has 0 radical (unpaired) electrons. The van der Waals surface area contributed by atoms with Crippen molar-refractivity contribution < 1.29 is 31.1 Å². The molecular weight excluding hydrogens is 486 g/mol. The van der Waals surface area contributed by atoms with Gasteiger partial charge in [0.1, 0.15) is 5.56 Å². The molecule has 0 atom stereocenters. The van der Waals surface area contributed by atoms with Gasteiger partial charge in [-0.2, -0.15) is 26.3 Å². The van der Waals surface area contributed by atoms with Crippen LogP contribution in [-0.4, -0.2) is 10.5 Å². The van der Waals surface area contributed by atoms with Gasteiger partial charge in [-0.15, -0.1) is 0 Å². The van der Waals surface area contributed by atoms with Crippen molar-refractivity contribution in [1.29, 1.82) is 0 Å². The Kier molecular flexibility index (Phi) is 6.38. The number of rotatable bonds is 4. The molecule has 1 aromatic heterocycles. The summed E-state index contributed by atoms with van der Waals surface area (Å²) < 4.78 is 80.4. The van der Waals surface area contributed by atoms with Gasteiger partial charge in [0.05, 0.1) is 16.6 Å². The SMILES string of the molecule is Cn1c(=O)c(C(=O)NCc2cc(C(F)(F)F)cc(C(F)(F)F)c2)c(-c2ccccc2)c2ccccc21. The number of alkyl halides is 6. The van der Waals surface area contributed by atoms with Crippen molar-refractivity contribution in [3.8, 4) is 11.1 Å². The molecule has 36 heavy (non-hydrogen) atoms. The smallest absolute Gasteiger partial charge is 0.348 e. The van der Waals surface area contributed by atoms with Crippen LogP contribution in [0, 0.1) is 0 Å². The molecule has 1 heterocycles. The molecule has 0 aliphatic carbocycles. The van der Waals surface area contributed by atoms with Crippen LogP contribution in [0.1, 0.15) is 27.0 Å². The predicted octanol–water partition coefficient (Wildman–Crippen LogP) is 6.17. The van der Waals surface area contributed by atoms with Crippen molar-refractivity contribution in [2.45, 2.75) is 18.9 Å². The van der Waals surface area contributed by atoms with E-state index in [1.54, 1.807) is 54.6 Å². The van der Waals surface area contributed by atoms with Gasteiger partial charge in [0, 0.05) is 24.5 Å². The van der Waals surface area contributed by atoms with E-state index < -0.39 is 47.1 Å². The fourth-order valence-corrected chi connectivity index (χ4v) is 4.00. The maximum atomic E-state index is 13.2. The van der Waals surface area contributed by atoms with Crippen molar-refractivity contribution >= 4 is 16.8 Å². The summed E-state index contributed by atoms with van der Waals surface area (Å²) in [4.78, 5) is 26.4. The second-order valence-electron chi connectivity index (χ2n) is 8.09. The van der Waals surface area contributed by atoms with Crippen LogP contribution in [-0.2, 0) is 25.9 Å². The predicted molar refractivity (Wildman–Crippen MR) is 122 cm³/mol. The molecule has 0 bridgehead atoms. The fraction of sp³-hybridized carbons (Fsp3) is 0.154. The van der Waals surface area contributed by atoms with Gasteiger partial charge in [-0.05, 0) is 35.4 Å². The minimum atomic E-state index is -5.02. The average Bonchev–Trinajstić information content (AvgIpc) is 2.84. The first-order chi connectivity index (χ1) is 16.9. The molecule has 10 heteroatoms. The van der Waals surface area contributed by atoms with Crippen molar-refractivity contribution in [2.75, 3.05) is 0 Å². The standard InChI is InChI=1S/C26H18F6N2O2/c1-34-20-10-6-5-9-19(20)21(16-7-3-2-4-8-16)22(24(34)36)23(35)33-14-15-11-17(25(27,28)29)13-18(12-15)26(30,31)32/h2-13H,14H2,1H3,(H,33,35). The first-order valence-corrected chi connectivity index (χ1v) is 10.6. The zero-order valence-electron chi connectivity index (χ0n) is 18.7. The molecule has 3 aromatic carbocycles. The number of amides is 1.